The molecular formula is C22H24Cl2N2O. The maximum Gasteiger partial charge on any atom is 0.251 e. The molecule has 1 aliphatic carbocycles. The number of benzene rings is 2. The van der Waals surface area contributed by atoms with Crippen LogP contribution in [0.5, 0.6) is 0 Å². The molecule has 2 aromatic carbocycles. The molecule has 3 nitrogen and oxygen atoms in total. The fraction of sp³-hybridized carbons (Fsp3) is 0.409. The summed E-state index contributed by atoms with van der Waals surface area (Å²) in [5.41, 5.74) is 2.23. The lowest BCUT2D eigenvalue weighted by atomic mass is 9.92. The van der Waals surface area contributed by atoms with Crippen molar-refractivity contribution in [3.63, 3.8) is 0 Å². The number of nitrogens with zero attached hydrogens (tertiary/aromatic N) is 1. The molecule has 1 heterocycles. The zero-order valence-electron chi connectivity index (χ0n) is 15.3. The first-order valence-corrected chi connectivity index (χ1v) is 10.3. The van der Waals surface area contributed by atoms with Crippen LogP contribution in [0, 0.1) is 5.41 Å². The fourth-order valence-electron chi connectivity index (χ4n) is 4.18. The molecule has 4 rings (SSSR count). The Morgan fingerprint density at radius 3 is 2.41 bits per heavy atom. The zero-order valence-corrected chi connectivity index (χ0v) is 16.8. The molecule has 1 saturated heterocycles. The van der Waals surface area contributed by atoms with E-state index in [0.717, 1.165) is 45.3 Å². The van der Waals surface area contributed by atoms with Crippen molar-refractivity contribution in [3.05, 3.63) is 69.7 Å². The van der Waals surface area contributed by atoms with E-state index in [9.17, 15) is 4.79 Å². The monoisotopic (exact) mass is 402 g/mol. The van der Waals surface area contributed by atoms with Crippen LogP contribution in [0.1, 0.15) is 35.2 Å². The van der Waals surface area contributed by atoms with Gasteiger partial charge in [-0.15, -0.1) is 0 Å². The lowest BCUT2D eigenvalue weighted by molar-refractivity contribution is 0.0935. The Balaban J connectivity index is 1.26. The minimum atomic E-state index is -0.0761. The second-order valence-electron chi connectivity index (χ2n) is 7.83. The van der Waals surface area contributed by atoms with E-state index < -0.39 is 0 Å². The van der Waals surface area contributed by atoms with Crippen LogP contribution < -0.4 is 5.32 Å². The SMILES string of the molecule is O=C(NC1CC12CCN(CCc1ccccc1)CC2)c1cc(Cl)cc(Cl)c1. The van der Waals surface area contributed by atoms with E-state index >= 15 is 0 Å². The molecule has 1 atom stereocenters. The molecule has 1 unspecified atom stereocenters. The summed E-state index contributed by atoms with van der Waals surface area (Å²) in [7, 11) is 0. The molecule has 27 heavy (non-hydrogen) atoms. The molecule has 2 aromatic rings. The van der Waals surface area contributed by atoms with E-state index in [2.05, 4.69) is 40.5 Å². The predicted molar refractivity (Wildman–Crippen MR) is 111 cm³/mol. The van der Waals surface area contributed by atoms with Gasteiger partial charge in [0.15, 0.2) is 0 Å². The zero-order chi connectivity index (χ0) is 18.9. The second kappa shape index (κ2) is 7.83. The Hall–Kier alpha value is -1.55. The lowest BCUT2D eigenvalue weighted by Crippen LogP contribution is -2.39. The van der Waals surface area contributed by atoms with Crippen molar-refractivity contribution in [2.45, 2.75) is 31.7 Å². The number of piperidine rings is 1. The van der Waals surface area contributed by atoms with Gasteiger partial charge in [-0.2, -0.15) is 0 Å². The highest BCUT2D eigenvalue weighted by molar-refractivity contribution is 6.35. The second-order valence-corrected chi connectivity index (χ2v) is 8.70. The summed E-state index contributed by atoms with van der Waals surface area (Å²) in [4.78, 5) is 15.1. The first-order valence-electron chi connectivity index (χ1n) is 9.57. The van der Waals surface area contributed by atoms with Gasteiger partial charge in [0.25, 0.3) is 5.91 Å². The average Bonchev–Trinajstić information content (AvgIpc) is 3.32. The third-order valence-corrected chi connectivity index (χ3v) is 6.47. The van der Waals surface area contributed by atoms with Crippen LogP contribution in [-0.2, 0) is 6.42 Å². The van der Waals surface area contributed by atoms with Gasteiger partial charge < -0.3 is 10.2 Å². The molecule has 0 radical (unpaired) electrons. The Bertz CT molecular complexity index is 796. The third kappa shape index (κ3) is 4.48. The maximum atomic E-state index is 12.5. The smallest absolute Gasteiger partial charge is 0.251 e. The number of hydrogen-bond donors (Lipinski definition) is 1. The summed E-state index contributed by atoms with van der Waals surface area (Å²) < 4.78 is 0. The maximum absolute atomic E-state index is 12.5. The molecule has 5 heteroatoms. The van der Waals surface area contributed by atoms with Gasteiger partial charge in [-0.3, -0.25) is 4.79 Å². The number of nitrogens with one attached hydrogen (secondary N) is 1. The van der Waals surface area contributed by atoms with Gasteiger partial charge in [-0.05, 0) is 68.0 Å². The van der Waals surface area contributed by atoms with Crippen molar-refractivity contribution in [3.8, 4) is 0 Å². The molecule has 0 bridgehead atoms. The van der Waals surface area contributed by atoms with Crippen molar-refractivity contribution in [1.82, 2.24) is 10.2 Å². The Labute approximate surface area is 170 Å². The van der Waals surface area contributed by atoms with Crippen molar-refractivity contribution in [1.29, 1.82) is 0 Å². The highest BCUT2D eigenvalue weighted by Gasteiger charge is 2.55. The first-order chi connectivity index (χ1) is 13.0. The molecular weight excluding hydrogens is 379 g/mol. The average molecular weight is 403 g/mol. The van der Waals surface area contributed by atoms with Crippen molar-refractivity contribution in [2.75, 3.05) is 19.6 Å². The van der Waals surface area contributed by atoms with Crippen LogP contribution >= 0.6 is 23.2 Å². The van der Waals surface area contributed by atoms with E-state index in [-0.39, 0.29) is 11.9 Å². The topological polar surface area (TPSA) is 32.3 Å². The minimum Gasteiger partial charge on any atom is -0.349 e. The number of carbonyl (C=O) groups excluding carboxylic acids is 1. The largest absolute Gasteiger partial charge is 0.349 e. The number of carbonyl (C=O) groups is 1. The Morgan fingerprint density at radius 2 is 1.74 bits per heavy atom. The summed E-state index contributed by atoms with van der Waals surface area (Å²) in [5, 5.41) is 4.16. The van der Waals surface area contributed by atoms with E-state index in [1.165, 1.54) is 5.56 Å². The first kappa shape index (κ1) is 18.8. The van der Waals surface area contributed by atoms with Crippen molar-refractivity contribution >= 4 is 29.1 Å². The van der Waals surface area contributed by atoms with Gasteiger partial charge in [0.2, 0.25) is 0 Å². The predicted octanol–water partition coefficient (Wildman–Crippen LogP) is 4.82. The van der Waals surface area contributed by atoms with Crippen LogP contribution in [0.25, 0.3) is 0 Å². The van der Waals surface area contributed by atoms with Crippen molar-refractivity contribution < 1.29 is 4.79 Å². The van der Waals surface area contributed by atoms with Gasteiger partial charge in [0.1, 0.15) is 0 Å². The summed E-state index contributed by atoms with van der Waals surface area (Å²) in [5.74, 6) is -0.0761. The standard InChI is InChI=1S/C22H24Cl2N2O/c23-18-12-17(13-19(24)14-18)21(27)25-20-15-22(20)7-10-26(11-8-22)9-6-16-4-2-1-3-5-16/h1-5,12-14,20H,6-11,15H2,(H,25,27). The number of halogens is 2. The highest BCUT2D eigenvalue weighted by Crippen LogP contribution is 2.54. The summed E-state index contributed by atoms with van der Waals surface area (Å²) >= 11 is 12.0. The number of likely N-dealkylation sites (tertiary alicyclic amines) is 1. The van der Waals surface area contributed by atoms with Gasteiger partial charge in [-0.1, -0.05) is 53.5 Å². The van der Waals surface area contributed by atoms with E-state index in [1.54, 1.807) is 18.2 Å². The van der Waals surface area contributed by atoms with Gasteiger partial charge in [-0.25, -0.2) is 0 Å². The van der Waals surface area contributed by atoms with Crippen LogP contribution in [0.3, 0.4) is 0 Å². The lowest BCUT2D eigenvalue weighted by Gasteiger charge is -2.33. The molecule has 2 fully saturated rings. The summed E-state index contributed by atoms with van der Waals surface area (Å²) in [6, 6.07) is 15.9. The van der Waals surface area contributed by atoms with Gasteiger partial charge in [0.05, 0.1) is 0 Å². The molecule has 1 N–H and O–H groups in total. The van der Waals surface area contributed by atoms with Crippen LogP contribution in [0.15, 0.2) is 48.5 Å². The number of rotatable bonds is 5. The third-order valence-electron chi connectivity index (χ3n) is 6.03. The van der Waals surface area contributed by atoms with E-state index in [0.29, 0.717) is 21.0 Å². The highest BCUT2D eigenvalue weighted by atomic mass is 35.5. The molecule has 1 spiro atoms. The molecule has 1 saturated carbocycles. The van der Waals surface area contributed by atoms with Crippen LogP contribution in [0.4, 0.5) is 0 Å². The normalized spacial score (nSPS) is 21.2. The van der Waals surface area contributed by atoms with E-state index in [1.807, 2.05) is 0 Å². The Morgan fingerprint density at radius 1 is 1.07 bits per heavy atom. The minimum absolute atomic E-state index is 0.0761. The fourth-order valence-corrected chi connectivity index (χ4v) is 4.71. The molecule has 142 valence electrons. The summed E-state index contributed by atoms with van der Waals surface area (Å²) in [6.45, 7) is 3.34. The summed E-state index contributed by atoms with van der Waals surface area (Å²) in [6.07, 6.45) is 4.50. The Kier molecular flexibility index (Phi) is 5.45. The van der Waals surface area contributed by atoms with Crippen LogP contribution in [-0.4, -0.2) is 36.5 Å². The van der Waals surface area contributed by atoms with E-state index in [4.69, 9.17) is 23.2 Å². The van der Waals surface area contributed by atoms with Crippen molar-refractivity contribution in [2.24, 2.45) is 5.41 Å². The van der Waals surface area contributed by atoms with Crippen LogP contribution in [0.2, 0.25) is 10.0 Å². The molecule has 2 aliphatic rings. The molecule has 1 aliphatic heterocycles. The quantitative estimate of drug-likeness (QED) is 0.777. The molecule has 0 aromatic heterocycles. The van der Waals surface area contributed by atoms with Gasteiger partial charge in [0, 0.05) is 28.2 Å². The number of hydrogen-bond acceptors (Lipinski definition) is 2. The molecule has 1 amide bonds. The van der Waals surface area contributed by atoms with Gasteiger partial charge >= 0.3 is 0 Å². The number of amides is 1.